The lowest BCUT2D eigenvalue weighted by molar-refractivity contribution is -0.113. The molecule has 10 heteroatoms. The summed E-state index contributed by atoms with van der Waals surface area (Å²) < 4.78 is 9.53. The van der Waals surface area contributed by atoms with Gasteiger partial charge in [-0.15, -0.1) is 0 Å². The van der Waals surface area contributed by atoms with Crippen molar-refractivity contribution in [2.45, 2.75) is 5.03 Å². The van der Waals surface area contributed by atoms with Crippen molar-refractivity contribution in [3.05, 3.63) is 95.5 Å². The van der Waals surface area contributed by atoms with Gasteiger partial charge in [0.1, 0.15) is 21.9 Å². The zero-order valence-corrected chi connectivity index (χ0v) is 23.0. The number of nitrogens with zero attached hydrogens (tertiary/aromatic N) is 4. The van der Waals surface area contributed by atoms with Crippen molar-refractivity contribution >= 4 is 46.8 Å². The lowest BCUT2D eigenvalue weighted by Gasteiger charge is -2.13. The minimum atomic E-state index is -0.303. The largest absolute Gasteiger partial charge is 0.497 e. The number of rotatable bonds is 8. The van der Waals surface area contributed by atoms with Crippen molar-refractivity contribution in [2.75, 3.05) is 18.2 Å². The molecule has 5 rings (SSSR count). The van der Waals surface area contributed by atoms with E-state index in [1.165, 1.54) is 23.3 Å². The molecule has 39 heavy (non-hydrogen) atoms. The molecule has 5 aromatic rings. The summed E-state index contributed by atoms with van der Waals surface area (Å²) in [5.41, 5.74) is 4.44. The van der Waals surface area contributed by atoms with Crippen molar-refractivity contribution in [2.24, 2.45) is 0 Å². The third-order valence-electron chi connectivity index (χ3n) is 5.68. The van der Waals surface area contributed by atoms with Crippen molar-refractivity contribution in [1.82, 2.24) is 14.3 Å². The third kappa shape index (κ3) is 6.26. The first-order valence-electron chi connectivity index (χ1n) is 11.7. The number of carbonyl (C=O) groups is 1. The molecule has 0 saturated heterocycles. The van der Waals surface area contributed by atoms with Gasteiger partial charge in [0.25, 0.3) is 0 Å². The lowest BCUT2D eigenvalue weighted by Crippen LogP contribution is -2.15. The highest BCUT2D eigenvalue weighted by molar-refractivity contribution is 8.00. The number of benzene rings is 3. The fraction of sp³-hybridized carbons (Fsp3) is 0.0690. The number of hydrogen-bond donors (Lipinski definition) is 1. The lowest BCUT2D eigenvalue weighted by atomic mass is 9.99. The van der Waals surface area contributed by atoms with E-state index in [1.54, 1.807) is 19.2 Å². The first-order chi connectivity index (χ1) is 19.0. The number of hydrogen-bond acceptors (Lipinski definition) is 8. The zero-order chi connectivity index (χ0) is 27.2. The van der Waals surface area contributed by atoms with Crippen molar-refractivity contribution in [3.63, 3.8) is 0 Å². The second-order valence-corrected chi connectivity index (χ2v) is 10.4. The van der Waals surface area contributed by atoms with E-state index in [2.05, 4.69) is 20.7 Å². The molecule has 0 fully saturated rings. The van der Waals surface area contributed by atoms with Crippen molar-refractivity contribution < 1.29 is 9.53 Å². The Balaban J connectivity index is 1.39. The summed E-state index contributed by atoms with van der Waals surface area (Å²) in [6.07, 6.45) is 0. The van der Waals surface area contributed by atoms with E-state index in [1.807, 2.05) is 72.8 Å². The van der Waals surface area contributed by atoms with Crippen LogP contribution in [0.25, 0.3) is 33.0 Å². The molecule has 1 N–H and O–H groups in total. The number of nitriles is 1. The monoisotopic (exact) mass is 569 g/mol. The van der Waals surface area contributed by atoms with Crippen LogP contribution in [-0.2, 0) is 4.79 Å². The SMILES string of the molecule is COc1ccc(-c2cc(-c3ccccc3)nc(SCC(=O)Nc3nsc(-c4ccc(Cl)cc4)n3)c2C#N)cc1. The van der Waals surface area contributed by atoms with Crippen LogP contribution in [0.4, 0.5) is 5.95 Å². The van der Waals surface area contributed by atoms with Crippen LogP contribution in [-0.4, -0.2) is 33.1 Å². The van der Waals surface area contributed by atoms with E-state index < -0.39 is 0 Å². The Morgan fingerprint density at radius 1 is 1.00 bits per heavy atom. The number of halogens is 1. The van der Waals surface area contributed by atoms with Gasteiger partial charge in [-0.3, -0.25) is 10.1 Å². The molecule has 0 atom stereocenters. The van der Waals surface area contributed by atoms with Crippen LogP contribution < -0.4 is 10.1 Å². The molecule has 0 aliphatic carbocycles. The number of methoxy groups -OCH3 is 1. The highest BCUT2D eigenvalue weighted by atomic mass is 35.5. The Bertz CT molecular complexity index is 1650. The summed E-state index contributed by atoms with van der Waals surface area (Å²) in [4.78, 5) is 22.0. The van der Waals surface area contributed by atoms with E-state index in [0.717, 1.165) is 28.0 Å². The first kappa shape index (κ1) is 26.4. The first-order valence-corrected chi connectivity index (χ1v) is 13.8. The molecule has 0 radical (unpaired) electrons. The molecule has 192 valence electrons. The molecular weight excluding hydrogens is 550 g/mol. The smallest absolute Gasteiger partial charge is 0.241 e. The standard InChI is InChI=1S/C29H20ClN5O2S2/c1-37-22-13-9-18(10-14-22)23-15-25(19-5-3-2-4-6-19)32-28(24(23)16-31)38-17-26(36)33-29-34-27(39-35-29)20-7-11-21(30)12-8-20/h2-15H,17H2,1H3,(H,33,35,36). The summed E-state index contributed by atoms with van der Waals surface area (Å²) in [6.45, 7) is 0. The average Bonchev–Trinajstić information content (AvgIpc) is 3.44. The molecule has 2 aromatic heterocycles. The van der Waals surface area contributed by atoms with E-state index in [9.17, 15) is 10.1 Å². The third-order valence-corrected chi connectivity index (χ3v) is 7.67. The van der Waals surface area contributed by atoms with Gasteiger partial charge in [0.2, 0.25) is 11.9 Å². The molecule has 0 saturated carbocycles. The molecule has 1 amide bonds. The van der Waals surface area contributed by atoms with Gasteiger partial charge in [-0.05, 0) is 47.4 Å². The van der Waals surface area contributed by atoms with Gasteiger partial charge in [-0.1, -0.05) is 78.0 Å². The highest BCUT2D eigenvalue weighted by Crippen LogP contribution is 2.35. The summed E-state index contributed by atoms with van der Waals surface area (Å²) in [6, 6.07) is 28.6. The van der Waals surface area contributed by atoms with Crippen LogP contribution in [0, 0.1) is 11.3 Å². The fourth-order valence-electron chi connectivity index (χ4n) is 3.77. The number of carbonyl (C=O) groups excluding carboxylic acids is 1. The van der Waals surface area contributed by atoms with Crippen molar-refractivity contribution in [1.29, 1.82) is 5.26 Å². The fourth-order valence-corrected chi connectivity index (χ4v) is 5.32. The molecule has 7 nitrogen and oxygen atoms in total. The van der Waals surface area contributed by atoms with E-state index >= 15 is 0 Å². The van der Waals surface area contributed by atoms with Crippen LogP contribution in [0.15, 0.2) is 90.0 Å². The molecule has 3 aromatic carbocycles. The number of pyridine rings is 1. The average molecular weight is 570 g/mol. The number of ether oxygens (including phenoxy) is 1. The Morgan fingerprint density at radius 2 is 1.72 bits per heavy atom. The topological polar surface area (TPSA) is 101 Å². The van der Waals surface area contributed by atoms with Gasteiger partial charge in [0, 0.05) is 21.7 Å². The molecule has 2 heterocycles. The number of aromatic nitrogens is 3. The Labute approximate surface area is 238 Å². The minimum absolute atomic E-state index is 0.0253. The minimum Gasteiger partial charge on any atom is -0.497 e. The van der Waals surface area contributed by atoms with E-state index in [4.69, 9.17) is 21.3 Å². The van der Waals surface area contributed by atoms with Gasteiger partial charge in [0.15, 0.2) is 0 Å². The maximum absolute atomic E-state index is 12.8. The second kappa shape index (κ2) is 12.1. The number of anilines is 1. The van der Waals surface area contributed by atoms with Crippen molar-refractivity contribution in [3.8, 4) is 44.8 Å². The second-order valence-electron chi connectivity index (χ2n) is 8.21. The summed E-state index contributed by atoms with van der Waals surface area (Å²) >= 11 is 8.33. The van der Waals surface area contributed by atoms with Gasteiger partial charge >= 0.3 is 0 Å². The van der Waals surface area contributed by atoms with Crippen LogP contribution in [0.2, 0.25) is 5.02 Å². The maximum atomic E-state index is 12.8. The zero-order valence-electron chi connectivity index (χ0n) is 20.6. The van der Waals surface area contributed by atoms with Gasteiger partial charge < -0.3 is 4.74 Å². The quantitative estimate of drug-likeness (QED) is 0.197. The molecule has 0 unspecified atom stereocenters. The van der Waals surface area contributed by atoms with Crippen LogP contribution in [0.1, 0.15) is 5.56 Å². The van der Waals surface area contributed by atoms with Crippen LogP contribution >= 0.6 is 34.9 Å². The van der Waals surface area contributed by atoms with Crippen LogP contribution in [0.3, 0.4) is 0 Å². The Kier molecular flexibility index (Phi) is 8.18. The van der Waals surface area contributed by atoms with Gasteiger partial charge in [-0.25, -0.2) is 4.98 Å². The van der Waals surface area contributed by atoms with Gasteiger partial charge in [-0.2, -0.15) is 14.6 Å². The Hall–Kier alpha value is -4.23. The predicted octanol–water partition coefficient (Wildman–Crippen LogP) is 7.20. The van der Waals surface area contributed by atoms with Gasteiger partial charge in [0.05, 0.1) is 24.1 Å². The van der Waals surface area contributed by atoms with Crippen LogP contribution in [0.5, 0.6) is 5.75 Å². The molecule has 0 aliphatic rings. The number of nitrogens with one attached hydrogen (secondary N) is 1. The highest BCUT2D eigenvalue weighted by Gasteiger charge is 2.18. The maximum Gasteiger partial charge on any atom is 0.241 e. The Morgan fingerprint density at radius 3 is 2.41 bits per heavy atom. The molecular formula is C29H20ClN5O2S2. The number of amides is 1. The summed E-state index contributed by atoms with van der Waals surface area (Å²) in [5, 5.41) is 14.6. The predicted molar refractivity (Wildman–Crippen MR) is 156 cm³/mol. The summed E-state index contributed by atoms with van der Waals surface area (Å²) in [7, 11) is 1.61. The molecule has 0 aliphatic heterocycles. The van der Waals surface area contributed by atoms with E-state index in [0.29, 0.717) is 26.3 Å². The normalized spacial score (nSPS) is 10.6. The molecule has 0 spiro atoms. The van der Waals surface area contributed by atoms with E-state index in [-0.39, 0.29) is 17.6 Å². The molecule has 0 bridgehead atoms. The number of thioether (sulfide) groups is 1. The summed E-state index contributed by atoms with van der Waals surface area (Å²) in [5.74, 6) is 0.663.